The molecule has 1 aromatic heterocycles. The summed E-state index contributed by atoms with van der Waals surface area (Å²) in [6.45, 7) is 2.27. The molecule has 0 saturated carbocycles. The van der Waals surface area contributed by atoms with Crippen molar-refractivity contribution < 1.29 is 22.4 Å². The minimum Gasteiger partial charge on any atom is -0.438 e. The number of halogens is 1. The van der Waals surface area contributed by atoms with Gasteiger partial charge < -0.3 is 19.8 Å². The van der Waals surface area contributed by atoms with Crippen molar-refractivity contribution in [2.75, 3.05) is 47.4 Å². The van der Waals surface area contributed by atoms with Gasteiger partial charge in [-0.1, -0.05) is 0 Å². The fraction of sp³-hybridized carbons (Fsp3) is 0.583. The van der Waals surface area contributed by atoms with Crippen LogP contribution in [0.1, 0.15) is 10.6 Å². The highest BCUT2D eigenvalue weighted by molar-refractivity contribution is 7.88. The van der Waals surface area contributed by atoms with Crippen LogP contribution in [-0.4, -0.2) is 66.1 Å². The van der Waals surface area contributed by atoms with E-state index >= 15 is 0 Å². The van der Waals surface area contributed by atoms with Gasteiger partial charge in [0.05, 0.1) is 6.61 Å². The van der Waals surface area contributed by atoms with Gasteiger partial charge in [0.2, 0.25) is 5.09 Å². The molecule has 0 aromatic carbocycles. The van der Waals surface area contributed by atoms with Crippen LogP contribution < -0.4 is 10.6 Å². The normalized spacial score (nSPS) is 11.3. The second-order valence-corrected chi connectivity index (χ2v) is 6.49. The second-order valence-electron chi connectivity index (χ2n) is 4.40. The van der Waals surface area contributed by atoms with E-state index in [-0.39, 0.29) is 23.3 Å². The summed E-state index contributed by atoms with van der Waals surface area (Å²) in [4.78, 5) is 11.8. The molecular weight excluding hydrogens is 334 g/mol. The molecule has 1 aromatic rings. The smallest absolute Gasteiger partial charge is 0.287 e. The van der Waals surface area contributed by atoms with E-state index in [0.29, 0.717) is 26.2 Å². The molecule has 1 amide bonds. The Kier molecular flexibility index (Phi) is 9.30. The van der Waals surface area contributed by atoms with Crippen LogP contribution in [0.15, 0.2) is 21.6 Å². The first kappa shape index (κ1) is 20.9. The van der Waals surface area contributed by atoms with Gasteiger partial charge in [0, 0.05) is 40.8 Å². The summed E-state index contributed by atoms with van der Waals surface area (Å²) in [6, 6.07) is 2.60. The van der Waals surface area contributed by atoms with Gasteiger partial charge in [-0.05, 0) is 12.1 Å². The number of carbonyl (C=O) groups excluding carboxylic acids is 1. The molecule has 0 atom stereocenters. The average Bonchev–Trinajstić information content (AvgIpc) is 2.92. The number of sulfonamides is 1. The number of amides is 1. The molecule has 0 fully saturated rings. The zero-order valence-corrected chi connectivity index (χ0v) is 14.4. The van der Waals surface area contributed by atoms with Crippen LogP contribution in [0.25, 0.3) is 0 Å². The molecule has 0 aliphatic carbocycles. The Morgan fingerprint density at radius 2 is 1.95 bits per heavy atom. The molecule has 0 spiro atoms. The van der Waals surface area contributed by atoms with Gasteiger partial charge in [0.15, 0.2) is 5.76 Å². The van der Waals surface area contributed by atoms with Crippen molar-refractivity contribution in [3.05, 3.63) is 17.9 Å². The summed E-state index contributed by atoms with van der Waals surface area (Å²) < 4.78 is 34.6. The van der Waals surface area contributed by atoms with Gasteiger partial charge in [0.25, 0.3) is 15.9 Å². The predicted octanol–water partition coefficient (Wildman–Crippen LogP) is -0.0825. The van der Waals surface area contributed by atoms with Gasteiger partial charge in [-0.2, -0.15) is 0 Å². The second kappa shape index (κ2) is 9.80. The third-order valence-corrected chi connectivity index (χ3v) is 4.30. The molecular formula is C12H22ClN3O5S. The standard InChI is InChI=1S/C12H21N3O5S.ClH/c1-15(2)21(17,18)11-5-4-10(20-11)12(16)14-7-6-13-8-9-19-3;/h4-5,13H,6-9H2,1-3H3,(H,14,16);1H. The molecule has 128 valence electrons. The summed E-state index contributed by atoms with van der Waals surface area (Å²) in [5.74, 6) is -0.490. The third-order valence-electron chi connectivity index (χ3n) is 2.61. The van der Waals surface area contributed by atoms with Gasteiger partial charge in [-0.3, -0.25) is 4.79 Å². The summed E-state index contributed by atoms with van der Waals surface area (Å²) in [6.07, 6.45) is 0. The maximum atomic E-state index is 11.8. The molecule has 0 aliphatic rings. The van der Waals surface area contributed by atoms with E-state index in [2.05, 4.69) is 10.6 Å². The fourth-order valence-corrected chi connectivity index (χ4v) is 2.21. The van der Waals surface area contributed by atoms with E-state index in [1.54, 1.807) is 7.11 Å². The quantitative estimate of drug-likeness (QED) is 0.601. The van der Waals surface area contributed by atoms with E-state index in [1.807, 2.05) is 0 Å². The van der Waals surface area contributed by atoms with Crippen LogP contribution in [0.5, 0.6) is 0 Å². The Hall–Kier alpha value is -1.13. The van der Waals surface area contributed by atoms with Crippen LogP contribution in [0.2, 0.25) is 0 Å². The lowest BCUT2D eigenvalue weighted by atomic mass is 10.4. The molecule has 0 bridgehead atoms. The topological polar surface area (TPSA) is 101 Å². The zero-order chi connectivity index (χ0) is 15.9. The zero-order valence-electron chi connectivity index (χ0n) is 12.8. The highest BCUT2D eigenvalue weighted by atomic mass is 35.5. The number of rotatable bonds is 9. The number of nitrogens with zero attached hydrogens (tertiary/aromatic N) is 1. The van der Waals surface area contributed by atoms with E-state index < -0.39 is 15.9 Å². The molecule has 0 unspecified atom stereocenters. The predicted molar refractivity (Wildman–Crippen MR) is 83.9 cm³/mol. The van der Waals surface area contributed by atoms with Crippen molar-refractivity contribution in [2.45, 2.75) is 5.09 Å². The molecule has 0 aliphatic heterocycles. The van der Waals surface area contributed by atoms with Gasteiger partial charge in [-0.15, -0.1) is 12.4 Å². The summed E-state index contributed by atoms with van der Waals surface area (Å²) in [5, 5.41) is 5.44. The number of hydrogen-bond acceptors (Lipinski definition) is 6. The van der Waals surface area contributed by atoms with Crippen molar-refractivity contribution >= 4 is 28.3 Å². The summed E-state index contributed by atoms with van der Waals surface area (Å²) in [5.41, 5.74) is 0. The lowest BCUT2D eigenvalue weighted by molar-refractivity contribution is 0.0920. The first-order valence-corrected chi connectivity index (χ1v) is 7.84. The Bertz CT molecular complexity index is 559. The van der Waals surface area contributed by atoms with E-state index in [0.717, 1.165) is 4.31 Å². The third kappa shape index (κ3) is 5.93. The molecule has 8 nitrogen and oxygen atoms in total. The van der Waals surface area contributed by atoms with Crippen LogP contribution >= 0.6 is 12.4 Å². The van der Waals surface area contributed by atoms with Crippen LogP contribution in [0, 0.1) is 0 Å². The van der Waals surface area contributed by atoms with Crippen LogP contribution in [0.4, 0.5) is 0 Å². The molecule has 0 saturated heterocycles. The number of hydrogen-bond donors (Lipinski definition) is 2. The first-order chi connectivity index (χ1) is 9.89. The Balaban J connectivity index is 0.00000441. The number of nitrogens with one attached hydrogen (secondary N) is 2. The number of ether oxygens (including phenoxy) is 1. The monoisotopic (exact) mass is 355 g/mol. The van der Waals surface area contributed by atoms with E-state index in [4.69, 9.17) is 9.15 Å². The van der Waals surface area contributed by atoms with Crippen molar-refractivity contribution in [3.63, 3.8) is 0 Å². The Labute approximate surface area is 136 Å². The Morgan fingerprint density at radius 1 is 1.27 bits per heavy atom. The van der Waals surface area contributed by atoms with Crippen LogP contribution in [-0.2, 0) is 14.8 Å². The van der Waals surface area contributed by atoms with Crippen LogP contribution in [0.3, 0.4) is 0 Å². The molecule has 1 rings (SSSR count). The fourth-order valence-electron chi connectivity index (χ4n) is 1.41. The molecule has 1 heterocycles. The van der Waals surface area contributed by atoms with Crippen molar-refractivity contribution in [1.82, 2.24) is 14.9 Å². The van der Waals surface area contributed by atoms with Gasteiger partial charge in [0.1, 0.15) is 0 Å². The van der Waals surface area contributed by atoms with Crippen molar-refractivity contribution in [1.29, 1.82) is 0 Å². The van der Waals surface area contributed by atoms with Gasteiger partial charge in [-0.25, -0.2) is 12.7 Å². The lowest BCUT2D eigenvalue weighted by Crippen LogP contribution is -2.32. The minimum absolute atomic E-state index is 0. The SMILES string of the molecule is COCCNCCNC(=O)c1ccc(S(=O)(=O)N(C)C)o1.Cl. The van der Waals surface area contributed by atoms with E-state index in [9.17, 15) is 13.2 Å². The number of furan rings is 1. The highest BCUT2D eigenvalue weighted by Gasteiger charge is 2.23. The molecule has 2 N–H and O–H groups in total. The average molecular weight is 356 g/mol. The number of carbonyl (C=O) groups is 1. The van der Waals surface area contributed by atoms with E-state index in [1.165, 1.54) is 26.2 Å². The maximum absolute atomic E-state index is 11.8. The number of methoxy groups -OCH3 is 1. The van der Waals surface area contributed by atoms with Gasteiger partial charge >= 0.3 is 0 Å². The summed E-state index contributed by atoms with van der Waals surface area (Å²) >= 11 is 0. The molecule has 0 radical (unpaired) electrons. The highest BCUT2D eigenvalue weighted by Crippen LogP contribution is 2.16. The molecule has 10 heteroatoms. The first-order valence-electron chi connectivity index (χ1n) is 6.40. The molecule has 22 heavy (non-hydrogen) atoms. The van der Waals surface area contributed by atoms with Crippen molar-refractivity contribution in [3.8, 4) is 0 Å². The largest absolute Gasteiger partial charge is 0.438 e. The minimum atomic E-state index is -3.66. The maximum Gasteiger partial charge on any atom is 0.287 e. The summed E-state index contributed by atoms with van der Waals surface area (Å²) in [7, 11) is 0.731. The lowest BCUT2D eigenvalue weighted by Gasteiger charge is -2.08. The van der Waals surface area contributed by atoms with Crippen molar-refractivity contribution in [2.24, 2.45) is 0 Å². The Morgan fingerprint density at radius 3 is 2.55 bits per heavy atom.